The molecule has 2 atom stereocenters. The number of fused-ring (bicyclic) bond motifs is 5. The summed E-state index contributed by atoms with van der Waals surface area (Å²) < 4.78 is 0. The van der Waals surface area contributed by atoms with E-state index in [-0.39, 0.29) is 11.0 Å². The fourth-order valence-electron chi connectivity index (χ4n) is 7.03. The second kappa shape index (κ2) is 6.96. The lowest BCUT2D eigenvalue weighted by atomic mass is 9.71. The lowest BCUT2D eigenvalue weighted by Gasteiger charge is -2.42. The number of nitrogens with zero attached hydrogens (tertiary/aromatic N) is 1. The molecule has 0 radical (unpaired) electrons. The molecule has 1 saturated carbocycles. The molecular formula is C33H29N. The molecule has 1 nitrogen and oxygen atoms in total. The van der Waals surface area contributed by atoms with Crippen molar-refractivity contribution in [2.24, 2.45) is 0 Å². The summed E-state index contributed by atoms with van der Waals surface area (Å²) in [5.74, 6) is 0. The molecule has 5 aromatic rings. The quantitative estimate of drug-likeness (QED) is 0.248. The van der Waals surface area contributed by atoms with E-state index in [4.69, 9.17) is 0 Å². The summed E-state index contributed by atoms with van der Waals surface area (Å²) in [6.45, 7) is 4.99. The van der Waals surface area contributed by atoms with Gasteiger partial charge in [-0.05, 0) is 88.3 Å². The minimum Gasteiger partial charge on any atom is -0.334 e. The molecule has 0 aromatic heterocycles. The highest BCUT2D eigenvalue weighted by molar-refractivity contribution is 6.12. The zero-order valence-corrected chi connectivity index (χ0v) is 19.9. The predicted molar refractivity (Wildman–Crippen MR) is 145 cm³/mol. The number of hydrogen-bond donors (Lipinski definition) is 0. The smallest absolute Gasteiger partial charge is 0.0517 e. The topological polar surface area (TPSA) is 3.24 Å². The Balaban J connectivity index is 1.52. The first-order valence-corrected chi connectivity index (χ1v) is 12.5. The third kappa shape index (κ3) is 2.50. The van der Waals surface area contributed by atoms with Crippen LogP contribution in [0, 0.1) is 0 Å². The third-order valence-corrected chi connectivity index (χ3v) is 8.93. The molecule has 2 aliphatic rings. The molecule has 7 rings (SSSR count). The first kappa shape index (κ1) is 19.9. The van der Waals surface area contributed by atoms with Gasteiger partial charge in [-0.25, -0.2) is 0 Å². The Morgan fingerprint density at radius 3 is 2.00 bits per heavy atom. The fraction of sp³-hybridized carbons (Fsp3) is 0.212. The van der Waals surface area contributed by atoms with Gasteiger partial charge in [0.15, 0.2) is 0 Å². The van der Waals surface area contributed by atoms with Crippen LogP contribution in [0.3, 0.4) is 0 Å². The molecular weight excluding hydrogens is 410 g/mol. The first-order chi connectivity index (χ1) is 16.6. The van der Waals surface area contributed by atoms with Gasteiger partial charge < -0.3 is 4.90 Å². The highest BCUT2D eigenvalue weighted by atomic mass is 15.3. The van der Waals surface area contributed by atoms with Crippen LogP contribution in [0.15, 0.2) is 103 Å². The van der Waals surface area contributed by atoms with Crippen molar-refractivity contribution in [3.63, 3.8) is 0 Å². The van der Waals surface area contributed by atoms with E-state index in [0.717, 1.165) is 0 Å². The van der Waals surface area contributed by atoms with Crippen LogP contribution in [0.5, 0.6) is 0 Å². The summed E-state index contributed by atoms with van der Waals surface area (Å²) in [5, 5.41) is 5.27. The molecule has 1 aliphatic carbocycles. The molecule has 1 heteroatoms. The Labute approximate surface area is 201 Å². The molecule has 1 aliphatic heterocycles. The van der Waals surface area contributed by atoms with Gasteiger partial charge in [0.2, 0.25) is 0 Å². The van der Waals surface area contributed by atoms with E-state index in [1.807, 2.05) is 0 Å². The van der Waals surface area contributed by atoms with Crippen LogP contribution in [-0.2, 0) is 5.41 Å². The second-order valence-electron chi connectivity index (χ2n) is 10.6. The maximum absolute atomic E-state index is 2.64. The molecule has 166 valence electrons. The first-order valence-electron chi connectivity index (χ1n) is 12.5. The van der Waals surface area contributed by atoms with Crippen LogP contribution >= 0.6 is 0 Å². The summed E-state index contributed by atoms with van der Waals surface area (Å²) in [5.41, 5.74) is 7.11. The highest BCUT2D eigenvalue weighted by Crippen LogP contribution is 2.62. The molecule has 1 unspecified atom stereocenters. The normalized spacial score (nSPS) is 23.4. The average molecular weight is 440 g/mol. The standard InChI is InChI=1S/C33H29N/c1-32-19-10-20-33(32,2)34(26-13-4-3-5-14-26)30-18-17-25(22-29(30)32)31-27-15-8-6-11-23(27)21-24-12-7-9-16-28(24)31/h3-9,11-18,21-22H,10,19-20H2,1-2H3/t32?,33-/m1/s1. The predicted octanol–water partition coefficient (Wildman–Crippen LogP) is 9.01. The number of rotatable bonds is 2. The number of anilines is 2. The highest BCUT2D eigenvalue weighted by Gasteiger charge is 2.59. The lowest BCUT2D eigenvalue weighted by Crippen LogP contribution is -2.48. The molecule has 0 amide bonds. The van der Waals surface area contributed by atoms with Gasteiger partial charge in [0.05, 0.1) is 5.54 Å². The van der Waals surface area contributed by atoms with Crippen molar-refractivity contribution in [3.05, 3.63) is 109 Å². The van der Waals surface area contributed by atoms with Gasteiger partial charge in [-0.2, -0.15) is 0 Å². The van der Waals surface area contributed by atoms with Crippen LogP contribution in [0.2, 0.25) is 0 Å². The van der Waals surface area contributed by atoms with Crippen LogP contribution in [-0.4, -0.2) is 5.54 Å². The van der Waals surface area contributed by atoms with Gasteiger partial charge in [-0.3, -0.25) is 0 Å². The van der Waals surface area contributed by atoms with E-state index >= 15 is 0 Å². The molecule has 0 bridgehead atoms. The molecule has 5 aromatic carbocycles. The Morgan fingerprint density at radius 2 is 1.29 bits per heavy atom. The monoisotopic (exact) mass is 439 g/mol. The largest absolute Gasteiger partial charge is 0.334 e. The van der Waals surface area contributed by atoms with Crippen molar-refractivity contribution in [1.82, 2.24) is 0 Å². The van der Waals surface area contributed by atoms with Gasteiger partial charge >= 0.3 is 0 Å². The van der Waals surface area contributed by atoms with E-state index in [1.54, 1.807) is 0 Å². The van der Waals surface area contributed by atoms with Gasteiger partial charge in [0, 0.05) is 16.8 Å². The van der Waals surface area contributed by atoms with E-state index in [0.29, 0.717) is 0 Å². The molecule has 0 spiro atoms. The molecule has 0 N–H and O–H groups in total. The van der Waals surface area contributed by atoms with Gasteiger partial charge in [-0.15, -0.1) is 0 Å². The van der Waals surface area contributed by atoms with Crippen molar-refractivity contribution < 1.29 is 0 Å². The summed E-state index contributed by atoms with van der Waals surface area (Å²) in [6, 6.07) is 38.3. The Hall–Kier alpha value is -3.58. The van der Waals surface area contributed by atoms with Crippen molar-refractivity contribution in [2.75, 3.05) is 4.90 Å². The Kier molecular flexibility index (Phi) is 4.06. The zero-order valence-electron chi connectivity index (χ0n) is 19.9. The third-order valence-electron chi connectivity index (χ3n) is 8.93. The van der Waals surface area contributed by atoms with Gasteiger partial charge in [-0.1, -0.05) is 86.1 Å². The molecule has 1 heterocycles. The van der Waals surface area contributed by atoms with E-state index in [2.05, 4.69) is 122 Å². The SMILES string of the molecule is CC12CCC[C@@]1(C)N(c1ccccc1)c1ccc(-c3c4ccccc4cc4ccccc34)cc12. The summed E-state index contributed by atoms with van der Waals surface area (Å²) in [7, 11) is 0. The maximum Gasteiger partial charge on any atom is 0.0517 e. The zero-order chi connectivity index (χ0) is 22.9. The van der Waals surface area contributed by atoms with Crippen LogP contribution in [0.4, 0.5) is 11.4 Å². The number of para-hydroxylation sites is 1. The molecule has 34 heavy (non-hydrogen) atoms. The van der Waals surface area contributed by atoms with E-state index in [1.165, 1.54) is 68.9 Å². The van der Waals surface area contributed by atoms with Crippen molar-refractivity contribution in [3.8, 4) is 11.1 Å². The van der Waals surface area contributed by atoms with Gasteiger partial charge in [0.25, 0.3) is 0 Å². The van der Waals surface area contributed by atoms with Crippen molar-refractivity contribution in [2.45, 2.75) is 44.1 Å². The molecule has 0 saturated heterocycles. The average Bonchev–Trinajstić information content (AvgIpc) is 3.27. The number of hydrogen-bond acceptors (Lipinski definition) is 1. The summed E-state index contributed by atoms with van der Waals surface area (Å²) in [4.78, 5) is 2.64. The second-order valence-corrected chi connectivity index (χ2v) is 10.6. The minimum atomic E-state index is 0.0934. The Morgan fingerprint density at radius 1 is 0.647 bits per heavy atom. The Bertz CT molecular complexity index is 1510. The van der Waals surface area contributed by atoms with Crippen LogP contribution in [0.25, 0.3) is 32.7 Å². The van der Waals surface area contributed by atoms with E-state index in [9.17, 15) is 0 Å². The lowest BCUT2D eigenvalue weighted by molar-refractivity contribution is 0.330. The van der Waals surface area contributed by atoms with Crippen LogP contribution in [0.1, 0.15) is 38.7 Å². The van der Waals surface area contributed by atoms with E-state index < -0.39 is 0 Å². The van der Waals surface area contributed by atoms with Crippen molar-refractivity contribution in [1.29, 1.82) is 0 Å². The number of benzene rings is 5. The molecule has 1 fully saturated rings. The summed E-state index contributed by atoms with van der Waals surface area (Å²) >= 11 is 0. The minimum absolute atomic E-state index is 0.0934. The van der Waals surface area contributed by atoms with Crippen LogP contribution < -0.4 is 4.90 Å². The van der Waals surface area contributed by atoms with Crippen molar-refractivity contribution >= 4 is 32.9 Å². The summed E-state index contributed by atoms with van der Waals surface area (Å²) in [6.07, 6.45) is 3.73. The van der Waals surface area contributed by atoms with Gasteiger partial charge in [0.1, 0.15) is 0 Å². The maximum atomic E-state index is 2.64. The fourth-order valence-corrected chi connectivity index (χ4v) is 7.03.